The fourth-order valence-electron chi connectivity index (χ4n) is 4.76. The molecule has 1 heterocycles. The third-order valence-corrected chi connectivity index (χ3v) is 6.19. The largest absolute Gasteiger partial charge is 0.507 e. The average Bonchev–Trinajstić information content (AvgIpc) is 2.90. The third-order valence-electron chi connectivity index (χ3n) is 6.19. The minimum absolute atomic E-state index is 0.00278. The molecule has 1 aliphatic heterocycles. The molecule has 0 bridgehead atoms. The van der Waals surface area contributed by atoms with E-state index in [1.54, 1.807) is 0 Å². The second kappa shape index (κ2) is 4.95. The first-order valence-corrected chi connectivity index (χ1v) is 8.63. The zero-order valence-corrected chi connectivity index (χ0v) is 14.3. The first-order valence-electron chi connectivity index (χ1n) is 8.63. The van der Waals surface area contributed by atoms with Gasteiger partial charge in [-0.05, 0) is 35.5 Å². The van der Waals surface area contributed by atoms with Crippen LogP contribution in [0.1, 0.15) is 67.4 Å². The van der Waals surface area contributed by atoms with Gasteiger partial charge in [0.25, 0.3) is 0 Å². The van der Waals surface area contributed by atoms with Crippen molar-refractivity contribution < 1.29 is 19.4 Å². The summed E-state index contributed by atoms with van der Waals surface area (Å²) in [5.74, 6) is 0.0572. The van der Waals surface area contributed by atoms with Crippen molar-refractivity contribution in [3.8, 4) is 5.75 Å². The van der Waals surface area contributed by atoms with Gasteiger partial charge in [0.05, 0.1) is 5.56 Å². The highest BCUT2D eigenvalue weighted by atomic mass is 16.5. The van der Waals surface area contributed by atoms with Crippen LogP contribution < -0.4 is 0 Å². The minimum Gasteiger partial charge on any atom is -0.507 e. The van der Waals surface area contributed by atoms with Gasteiger partial charge in [-0.3, -0.25) is 4.79 Å². The number of fused-ring (bicyclic) bond motifs is 4. The SMILES string of the molecule is CC(C)c1ccc2c(c1O)C(=O)C[C@@H]1C3=C(CCC21C)C(=O)OC3. The van der Waals surface area contributed by atoms with E-state index >= 15 is 0 Å². The molecule has 24 heavy (non-hydrogen) atoms. The number of rotatable bonds is 1. The smallest absolute Gasteiger partial charge is 0.334 e. The van der Waals surface area contributed by atoms with Gasteiger partial charge in [-0.1, -0.05) is 32.9 Å². The molecule has 0 amide bonds. The van der Waals surface area contributed by atoms with Crippen molar-refractivity contribution in [2.45, 2.75) is 51.4 Å². The predicted octanol–water partition coefficient (Wildman–Crippen LogP) is 3.62. The summed E-state index contributed by atoms with van der Waals surface area (Å²) in [7, 11) is 0. The van der Waals surface area contributed by atoms with Crippen LogP contribution in [0.2, 0.25) is 0 Å². The van der Waals surface area contributed by atoms with Gasteiger partial charge in [0.1, 0.15) is 12.4 Å². The summed E-state index contributed by atoms with van der Waals surface area (Å²) in [6.07, 6.45) is 1.82. The lowest BCUT2D eigenvalue weighted by molar-refractivity contribution is -0.136. The number of phenols is 1. The summed E-state index contributed by atoms with van der Waals surface area (Å²) >= 11 is 0. The van der Waals surface area contributed by atoms with Crippen LogP contribution in [0.15, 0.2) is 23.3 Å². The summed E-state index contributed by atoms with van der Waals surface area (Å²) in [6, 6.07) is 3.96. The van der Waals surface area contributed by atoms with Crippen molar-refractivity contribution in [3.63, 3.8) is 0 Å². The Morgan fingerprint density at radius 2 is 2.04 bits per heavy atom. The molecule has 0 spiro atoms. The Balaban J connectivity index is 1.90. The Hall–Kier alpha value is -2.10. The van der Waals surface area contributed by atoms with Crippen molar-refractivity contribution in [3.05, 3.63) is 40.0 Å². The summed E-state index contributed by atoms with van der Waals surface area (Å²) in [5, 5.41) is 10.7. The fourth-order valence-corrected chi connectivity index (χ4v) is 4.76. The Morgan fingerprint density at radius 1 is 1.29 bits per heavy atom. The van der Waals surface area contributed by atoms with Gasteiger partial charge < -0.3 is 9.84 Å². The lowest BCUT2D eigenvalue weighted by Crippen LogP contribution is -2.43. The molecule has 0 radical (unpaired) electrons. The van der Waals surface area contributed by atoms with Crippen molar-refractivity contribution in [2.75, 3.05) is 6.61 Å². The van der Waals surface area contributed by atoms with Gasteiger partial charge >= 0.3 is 5.97 Å². The Kier molecular flexibility index (Phi) is 3.18. The van der Waals surface area contributed by atoms with Gasteiger partial charge in [0, 0.05) is 23.3 Å². The zero-order chi connectivity index (χ0) is 17.2. The van der Waals surface area contributed by atoms with Crippen molar-refractivity contribution in [1.29, 1.82) is 0 Å². The molecular formula is C20H22O4. The van der Waals surface area contributed by atoms with E-state index in [-0.39, 0.29) is 34.8 Å². The quantitative estimate of drug-likeness (QED) is 0.801. The van der Waals surface area contributed by atoms with Crippen LogP contribution in [0.25, 0.3) is 0 Å². The van der Waals surface area contributed by atoms with E-state index in [0.29, 0.717) is 25.0 Å². The maximum Gasteiger partial charge on any atom is 0.334 e. The number of esters is 1. The van der Waals surface area contributed by atoms with E-state index in [1.807, 2.05) is 26.0 Å². The summed E-state index contributed by atoms with van der Waals surface area (Å²) in [5.41, 5.74) is 3.78. The molecule has 4 rings (SSSR count). The van der Waals surface area contributed by atoms with E-state index < -0.39 is 0 Å². The predicted molar refractivity (Wildman–Crippen MR) is 89.2 cm³/mol. The molecule has 2 aliphatic carbocycles. The van der Waals surface area contributed by atoms with Crippen LogP contribution in [-0.2, 0) is 14.9 Å². The van der Waals surface area contributed by atoms with Crippen LogP contribution in [0.5, 0.6) is 5.75 Å². The molecule has 2 atom stereocenters. The van der Waals surface area contributed by atoms with Gasteiger partial charge in [0.15, 0.2) is 5.78 Å². The lowest BCUT2D eigenvalue weighted by Gasteiger charge is -2.46. The molecule has 0 fully saturated rings. The van der Waals surface area contributed by atoms with Crippen LogP contribution in [0.3, 0.4) is 0 Å². The Labute approximate surface area is 141 Å². The van der Waals surface area contributed by atoms with Gasteiger partial charge in [-0.2, -0.15) is 0 Å². The highest BCUT2D eigenvalue weighted by Crippen LogP contribution is 2.55. The zero-order valence-electron chi connectivity index (χ0n) is 14.3. The number of cyclic esters (lactones) is 1. The molecule has 0 saturated carbocycles. The van der Waals surface area contributed by atoms with E-state index in [2.05, 4.69) is 6.92 Å². The van der Waals surface area contributed by atoms with Gasteiger partial charge in [-0.25, -0.2) is 4.79 Å². The number of carbonyl (C=O) groups is 2. The van der Waals surface area contributed by atoms with Crippen molar-refractivity contribution >= 4 is 11.8 Å². The maximum absolute atomic E-state index is 12.8. The summed E-state index contributed by atoms with van der Waals surface area (Å²) in [6.45, 7) is 6.49. The number of hydrogen-bond acceptors (Lipinski definition) is 4. The second-order valence-corrected chi connectivity index (χ2v) is 7.76. The number of ketones is 1. The van der Waals surface area contributed by atoms with Crippen LogP contribution in [0, 0.1) is 5.92 Å². The Morgan fingerprint density at radius 3 is 2.75 bits per heavy atom. The number of aromatic hydroxyl groups is 1. The maximum atomic E-state index is 12.8. The molecule has 1 unspecified atom stereocenters. The monoisotopic (exact) mass is 326 g/mol. The van der Waals surface area contributed by atoms with Gasteiger partial charge in [0.2, 0.25) is 0 Å². The average molecular weight is 326 g/mol. The van der Waals surface area contributed by atoms with Crippen molar-refractivity contribution in [2.24, 2.45) is 5.92 Å². The number of hydrogen-bond donors (Lipinski definition) is 1. The highest BCUT2D eigenvalue weighted by Gasteiger charge is 2.51. The minimum atomic E-state index is -0.233. The summed E-state index contributed by atoms with van der Waals surface area (Å²) < 4.78 is 5.22. The first kappa shape index (κ1) is 15.4. The van der Waals surface area contributed by atoms with Crippen molar-refractivity contribution in [1.82, 2.24) is 0 Å². The molecule has 3 aliphatic rings. The van der Waals surface area contributed by atoms with E-state index in [4.69, 9.17) is 4.74 Å². The second-order valence-electron chi connectivity index (χ2n) is 7.76. The topological polar surface area (TPSA) is 63.6 Å². The number of carbonyl (C=O) groups excluding carboxylic acids is 2. The molecule has 1 aromatic rings. The number of phenolic OH excluding ortho intramolecular Hbond substituents is 1. The van der Waals surface area contributed by atoms with Crippen LogP contribution in [-0.4, -0.2) is 23.5 Å². The summed E-state index contributed by atoms with van der Waals surface area (Å²) in [4.78, 5) is 24.7. The molecule has 0 saturated heterocycles. The van der Waals surface area contributed by atoms with Crippen LogP contribution in [0.4, 0.5) is 0 Å². The molecule has 1 N–H and O–H groups in total. The lowest BCUT2D eigenvalue weighted by atomic mass is 9.56. The standard InChI is InChI=1S/C20H22O4/c1-10(2)11-4-5-14-17(18(11)22)16(21)8-15-13-9-24-19(23)12(13)6-7-20(14,15)3/h4-5,10,15,22H,6-9H2,1-3H3/t15-,20?/m1/s1. The first-order chi connectivity index (χ1) is 11.3. The van der Waals surface area contributed by atoms with E-state index in [1.165, 1.54) is 0 Å². The molecule has 4 heteroatoms. The number of ether oxygens (including phenoxy) is 1. The normalized spacial score (nSPS) is 28.6. The fraction of sp³-hybridized carbons (Fsp3) is 0.500. The Bertz CT molecular complexity index is 802. The molecular weight excluding hydrogens is 304 g/mol. The highest BCUT2D eigenvalue weighted by molar-refractivity contribution is 6.03. The number of Topliss-reactive ketones (excluding diaryl/α,β-unsaturated/α-hetero) is 1. The molecule has 1 aromatic carbocycles. The molecule has 126 valence electrons. The van der Waals surface area contributed by atoms with E-state index in [0.717, 1.165) is 28.7 Å². The molecule has 0 aromatic heterocycles. The van der Waals surface area contributed by atoms with E-state index in [9.17, 15) is 14.7 Å². The van der Waals surface area contributed by atoms with Gasteiger partial charge in [-0.15, -0.1) is 0 Å². The van der Waals surface area contributed by atoms with Crippen LogP contribution >= 0.6 is 0 Å². The molecule has 4 nitrogen and oxygen atoms in total. The number of benzene rings is 1. The third kappa shape index (κ3) is 1.86.